The van der Waals surface area contributed by atoms with Crippen LogP contribution < -0.4 is 0 Å². The zero-order valence-corrected chi connectivity index (χ0v) is 17.4. The van der Waals surface area contributed by atoms with Gasteiger partial charge in [0.15, 0.2) is 12.6 Å². The Morgan fingerprint density at radius 3 is 2.39 bits per heavy atom. The van der Waals surface area contributed by atoms with E-state index in [2.05, 4.69) is 52.1 Å². The highest BCUT2D eigenvalue weighted by molar-refractivity contribution is 14.1. The molecule has 0 amide bonds. The molecule has 2 heterocycles. The third-order valence-electron chi connectivity index (χ3n) is 5.42. The first-order valence-electron chi connectivity index (χ1n) is 8.05. The lowest BCUT2D eigenvalue weighted by molar-refractivity contribution is -0.330. The Balaban J connectivity index is 1.67. The van der Waals surface area contributed by atoms with Crippen LogP contribution in [0.15, 0.2) is 0 Å². The van der Waals surface area contributed by atoms with E-state index in [1.807, 2.05) is 6.92 Å². The van der Waals surface area contributed by atoms with E-state index in [9.17, 15) is 15.3 Å². The molecule has 3 rings (SSSR count). The van der Waals surface area contributed by atoms with Crippen molar-refractivity contribution in [3.8, 4) is 0 Å². The molecular formula is C15H24I2O6. The van der Waals surface area contributed by atoms with Crippen molar-refractivity contribution in [1.82, 2.24) is 0 Å². The van der Waals surface area contributed by atoms with Crippen molar-refractivity contribution in [2.75, 3.05) is 4.43 Å². The van der Waals surface area contributed by atoms with Gasteiger partial charge in [0, 0.05) is 20.7 Å². The van der Waals surface area contributed by atoms with Gasteiger partial charge in [-0.1, -0.05) is 59.0 Å². The average Bonchev–Trinajstić information content (AvgIpc) is 3.18. The van der Waals surface area contributed by atoms with E-state index in [1.54, 1.807) is 0 Å². The maximum absolute atomic E-state index is 10.4. The Morgan fingerprint density at radius 1 is 1.04 bits per heavy atom. The average molecular weight is 554 g/mol. The first-order valence-corrected chi connectivity index (χ1v) is 10.8. The summed E-state index contributed by atoms with van der Waals surface area (Å²) in [7, 11) is 0. The Kier molecular flexibility index (Phi) is 6.16. The number of hydrogen-bond acceptors (Lipinski definition) is 6. The van der Waals surface area contributed by atoms with Crippen LogP contribution in [-0.4, -0.2) is 66.8 Å². The van der Waals surface area contributed by atoms with Gasteiger partial charge in [-0.2, -0.15) is 0 Å². The molecule has 1 saturated carbocycles. The number of halogens is 2. The number of hydrogen-bond donors (Lipinski definition) is 3. The molecule has 0 aromatic heterocycles. The van der Waals surface area contributed by atoms with Crippen LogP contribution in [0.3, 0.4) is 0 Å². The Morgan fingerprint density at radius 2 is 1.74 bits per heavy atom. The van der Waals surface area contributed by atoms with Crippen LogP contribution in [0.4, 0.5) is 0 Å². The molecule has 11 atom stereocenters. The van der Waals surface area contributed by atoms with Gasteiger partial charge < -0.3 is 29.5 Å². The summed E-state index contributed by atoms with van der Waals surface area (Å²) in [5, 5.41) is 30.8. The summed E-state index contributed by atoms with van der Waals surface area (Å²) in [6, 6.07) is 0. The fourth-order valence-corrected chi connectivity index (χ4v) is 5.75. The van der Waals surface area contributed by atoms with Crippen molar-refractivity contribution >= 4 is 45.2 Å². The van der Waals surface area contributed by atoms with E-state index >= 15 is 0 Å². The molecule has 0 aromatic rings. The maximum Gasteiger partial charge on any atom is 0.187 e. The lowest BCUT2D eigenvalue weighted by atomic mass is 9.84. The van der Waals surface area contributed by atoms with Gasteiger partial charge in [-0.15, -0.1) is 0 Å². The van der Waals surface area contributed by atoms with Gasteiger partial charge in [0.05, 0.1) is 18.3 Å². The van der Waals surface area contributed by atoms with E-state index in [0.717, 1.165) is 4.43 Å². The minimum atomic E-state index is -0.926. The maximum atomic E-state index is 10.4. The normalized spacial score (nSPS) is 56.7. The van der Waals surface area contributed by atoms with Crippen LogP contribution in [0.2, 0.25) is 0 Å². The highest BCUT2D eigenvalue weighted by atomic mass is 127. The molecule has 3 fully saturated rings. The summed E-state index contributed by atoms with van der Waals surface area (Å²) < 4.78 is 18.6. The molecule has 6 nitrogen and oxygen atoms in total. The first-order chi connectivity index (χ1) is 10.8. The largest absolute Gasteiger partial charge is 0.393 e. The van der Waals surface area contributed by atoms with Crippen molar-refractivity contribution in [3.63, 3.8) is 0 Å². The van der Waals surface area contributed by atoms with Crippen molar-refractivity contribution in [2.45, 2.75) is 67.3 Å². The van der Waals surface area contributed by atoms with E-state index in [0.29, 0.717) is 0 Å². The lowest BCUT2D eigenvalue weighted by Gasteiger charge is -2.43. The monoisotopic (exact) mass is 554 g/mol. The predicted octanol–water partition coefficient (Wildman–Crippen LogP) is 1.07. The Hall–Kier alpha value is 1.22. The zero-order chi connectivity index (χ0) is 16.9. The fraction of sp³-hybridized carbons (Fsp3) is 1.00. The topological polar surface area (TPSA) is 88.4 Å². The van der Waals surface area contributed by atoms with Crippen molar-refractivity contribution in [1.29, 1.82) is 0 Å². The minimum absolute atomic E-state index is 0.00138. The van der Waals surface area contributed by atoms with Gasteiger partial charge in [0.25, 0.3) is 0 Å². The first kappa shape index (κ1) is 19.0. The molecule has 2 aliphatic heterocycles. The molecule has 0 bridgehead atoms. The van der Waals surface area contributed by atoms with Gasteiger partial charge >= 0.3 is 0 Å². The summed E-state index contributed by atoms with van der Waals surface area (Å²) in [5.41, 5.74) is 0. The van der Waals surface area contributed by atoms with Crippen LogP contribution in [0, 0.1) is 17.8 Å². The van der Waals surface area contributed by atoms with Gasteiger partial charge in [0.2, 0.25) is 0 Å². The number of aliphatic hydroxyl groups excluding tert-OH is 3. The second-order valence-corrected chi connectivity index (χ2v) is 9.22. The molecule has 3 aliphatic rings. The molecule has 0 aromatic carbocycles. The van der Waals surface area contributed by atoms with Crippen LogP contribution >= 0.6 is 45.2 Å². The SMILES string of the molecule is CC1C(O)[C@@H](OC2OC3C(I)[C@H]3C(O)CC2O)OC(CI)[C@H]1C. The number of fused-ring (bicyclic) bond motifs is 1. The van der Waals surface area contributed by atoms with Crippen LogP contribution in [-0.2, 0) is 14.2 Å². The number of ether oxygens (including phenoxy) is 3. The molecule has 0 spiro atoms. The highest BCUT2D eigenvalue weighted by Crippen LogP contribution is 2.48. The zero-order valence-electron chi connectivity index (χ0n) is 13.1. The molecule has 0 radical (unpaired) electrons. The molecule has 134 valence electrons. The van der Waals surface area contributed by atoms with Crippen LogP contribution in [0.25, 0.3) is 0 Å². The predicted molar refractivity (Wildman–Crippen MR) is 99.6 cm³/mol. The van der Waals surface area contributed by atoms with Gasteiger partial charge in [-0.25, -0.2) is 0 Å². The standard InChI is InChI=1S/C15H24I2O6/c1-5-6(2)12(20)15(21-9(5)4-16)23-14-8(19)3-7(18)10-11(17)13(10)22-14/h5-15,18-20H,3-4H2,1-2H3/t5-,6?,7?,8?,9?,10+,11?,12?,13?,14?,15+/m0/s1. The summed E-state index contributed by atoms with van der Waals surface area (Å²) >= 11 is 4.52. The molecule has 1 aliphatic carbocycles. The minimum Gasteiger partial charge on any atom is -0.393 e. The lowest BCUT2D eigenvalue weighted by Crippen LogP contribution is -2.53. The van der Waals surface area contributed by atoms with E-state index in [4.69, 9.17) is 14.2 Å². The molecular weight excluding hydrogens is 530 g/mol. The van der Waals surface area contributed by atoms with Crippen LogP contribution in [0.5, 0.6) is 0 Å². The van der Waals surface area contributed by atoms with E-state index < -0.39 is 30.9 Å². The van der Waals surface area contributed by atoms with Crippen molar-refractivity contribution in [2.24, 2.45) is 17.8 Å². The van der Waals surface area contributed by atoms with Gasteiger partial charge in [-0.05, 0) is 11.8 Å². The Bertz CT molecular complexity index is 423. The van der Waals surface area contributed by atoms with Gasteiger partial charge in [0.1, 0.15) is 12.2 Å². The summed E-state index contributed by atoms with van der Waals surface area (Å²) in [6.45, 7) is 4.05. The summed E-state index contributed by atoms with van der Waals surface area (Å²) in [6.07, 6.45) is -3.86. The van der Waals surface area contributed by atoms with E-state index in [-0.39, 0.29) is 40.3 Å². The highest BCUT2D eigenvalue weighted by Gasteiger charge is 2.58. The molecule has 8 heteroatoms. The van der Waals surface area contributed by atoms with Crippen molar-refractivity contribution < 1.29 is 29.5 Å². The third kappa shape index (κ3) is 3.69. The van der Waals surface area contributed by atoms with Gasteiger partial charge in [-0.3, -0.25) is 0 Å². The molecule has 2 saturated heterocycles. The summed E-state index contributed by atoms with van der Waals surface area (Å²) in [5.74, 6) is 0.320. The quantitative estimate of drug-likeness (QED) is 0.358. The molecule has 3 N–H and O–H groups in total. The number of aliphatic hydroxyl groups is 3. The third-order valence-corrected chi connectivity index (χ3v) is 7.82. The number of alkyl halides is 2. The van der Waals surface area contributed by atoms with Crippen LogP contribution in [0.1, 0.15) is 20.3 Å². The summed E-state index contributed by atoms with van der Waals surface area (Å²) in [4.78, 5) is 0. The second kappa shape index (κ2) is 7.45. The van der Waals surface area contributed by atoms with Crippen molar-refractivity contribution in [3.05, 3.63) is 0 Å². The molecule has 8 unspecified atom stereocenters. The number of rotatable bonds is 3. The Labute approximate surface area is 163 Å². The van der Waals surface area contributed by atoms with E-state index in [1.165, 1.54) is 0 Å². The second-order valence-electron chi connectivity index (χ2n) is 6.90. The fourth-order valence-electron chi connectivity index (χ4n) is 3.45. The smallest absolute Gasteiger partial charge is 0.187 e. The molecule has 23 heavy (non-hydrogen) atoms.